The molecule has 0 saturated heterocycles. The first-order valence-corrected chi connectivity index (χ1v) is 18.6. The fourth-order valence-corrected chi connectivity index (χ4v) is 7.50. The molecule has 13 nitrogen and oxygen atoms in total. The van der Waals surface area contributed by atoms with E-state index in [2.05, 4.69) is 9.71 Å². The van der Waals surface area contributed by atoms with E-state index in [0.29, 0.717) is 19.4 Å². The molecule has 1 aliphatic heterocycles. The first-order chi connectivity index (χ1) is 22.6. The van der Waals surface area contributed by atoms with Crippen molar-refractivity contribution in [3.63, 3.8) is 0 Å². The highest BCUT2D eigenvalue weighted by Crippen LogP contribution is 2.30. The van der Waals surface area contributed by atoms with Crippen LogP contribution < -0.4 is 9.46 Å². The summed E-state index contributed by atoms with van der Waals surface area (Å²) >= 11 is 0. The predicted octanol–water partition coefficient (Wildman–Crippen LogP) is 3.48. The number of nitrogens with zero attached hydrogens (tertiary/aromatic N) is 4. The first kappa shape index (κ1) is 37.3. The van der Waals surface area contributed by atoms with Crippen LogP contribution in [0, 0.1) is 11.7 Å². The number of fused-ring (bicyclic) bond motifs is 1. The largest absolute Gasteiger partial charge is 0.490 e. The molecule has 0 fully saturated rings. The van der Waals surface area contributed by atoms with Crippen molar-refractivity contribution in [3.8, 4) is 5.75 Å². The average Bonchev–Trinajstić information content (AvgIpc) is 3.49. The number of anilines is 1. The highest BCUT2D eigenvalue weighted by molar-refractivity contribution is 7.92. The van der Waals surface area contributed by atoms with E-state index in [1.165, 1.54) is 47.0 Å². The lowest BCUT2D eigenvalue weighted by Gasteiger charge is -2.35. The first-order valence-electron chi connectivity index (χ1n) is 15.7. The van der Waals surface area contributed by atoms with Crippen LogP contribution in [0.2, 0.25) is 0 Å². The number of hydrogen-bond donors (Lipinski definition) is 2. The normalized spacial score (nSPS) is 20.9. The molecule has 4 atom stereocenters. The Hall–Kier alpha value is -3.57. The molecule has 0 spiro atoms. The Morgan fingerprint density at radius 2 is 1.83 bits per heavy atom. The number of aryl methyl sites for hydroxylation is 1. The third-order valence-corrected chi connectivity index (χ3v) is 11.3. The van der Waals surface area contributed by atoms with Gasteiger partial charge < -0.3 is 24.0 Å². The van der Waals surface area contributed by atoms with Crippen LogP contribution in [-0.2, 0) is 31.8 Å². The minimum atomic E-state index is -4.13. The molecule has 0 aliphatic carbocycles. The number of rotatable bonds is 9. The number of carbonyl (C=O) groups is 1. The molecular formula is C32H44FN5O8S2. The fraction of sp³-hybridized carbons (Fsp3) is 0.500. The zero-order chi connectivity index (χ0) is 35.2. The van der Waals surface area contributed by atoms with Crippen LogP contribution in [-0.4, -0.2) is 98.2 Å². The summed E-state index contributed by atoms with van der Waals surface area (Å²) in [5, 5.41) is 10.1. The van der Waals surface area contributed by atoms with E-state index >= 15 is 0 Å². The Morgan fingerprint density at radius 1 is 1.12 bits per heavy atom. The third kappa shape index (κ3) is 9.11. The molecule has 16 heteroatoms. The van der Waals surface area contributed by atoms with Gasteiger partial charge in [-0.2, -0.15) is 4.31 Å². The molecule has 264 valence electrons. The van der Waals surface area contributed by atoms with Gasteiger partial charge in [-0.3, -0.25) is 9.52 Å². The average molecular weight is 710 g/mol. The van der Waals surface area contributed by atoms with E-state index in [-0.39, 0.29) is 52.7 Å². The molecule has 0 bridgehead atoms. The maximum absolute atomic E-state index is 14.3. The highest BCUT2D eigenvalue weighted by atomic mass is 32.2. The van der Waals surface area contributed by atoms with Gasteiger partial charge in [0.25, 0.3) is 26.0 Å². The molecule has 0 radical (unpaired) electrons. The van der Waals surface area contributed by atoms with Crippen molar-refractivity contribution in [3.05, 3.63) is 66.4 Å². The molecule has 0 unspecified atom stereocenters. The summed E-state index contributed by atoms with van der Waals surface area (Å²) in [5.74, 6) is -1.28. The molecule has 2 N–H and O–H groups in total. The number of ether oxygens (including phenoxy) is 2. The van der Waals surface area contributed by atoms with Crippen LogP contribution in [0.3, 0.4) is 0 Å². The molecule has 1 aromatic heterocycles. The van der Waals surface area contributed by atoms with E-state index in [1.807, 2.05) is 13.8 Å². The van der Waals surface area contributed by atoms with Gasteiger partial charge in [0.15, 0.2) is 5.03 Å². The number of halogens is 1. The predicted molar refractivity (Wildman–Crippen MR) is 177 cm³/mol. The van der Waals surface area contributed by atoms with E-state index in [1.54, 1.807) is 18.5 Å². The molecule has 0 saturated carbocycles. The lowest BCUT2D eigenvalue weighted by molar-refractivity contribution is -0.00835. The summed E-state index contributed by atoms with van der Waals surface area (Å²) in [7, 11) is -4.92. The number of likely N-dealkylation sites (N-methyl/N-ethyl adjacent to an activating group) is 1. The van der Waals surface area contributed by atoms with Crippen LogP contribution in [0.4, 0.5) is 10.1 Å². The number of aromatic nitrogens is 2. The summed E-state index contributed by atoms with van der Waals surface area (Å²) in [6, 6.07) is 8.05. The van der Waals surface area contributed by atoms with Crippen LogP contribution in [0.1, 0.15) is 50.4 Å². The standard InChI is InChI=1S/C32H44FN5O8S2/c1-22-17-38(23(2)20-39)32(40)28-16-26(35-47(41,42)27-12-9-25(33)10-13-27)11-14-29(28)46-24(3)8-6-7-15-45-30(22)18-37(5)48(43,44)31-19-36(4)21-34-31/h9-14,16,19,21-24,30,35,39H,6-8,15,17-18,20H2,1-5H3/t22-,23+,24+,30-/m0/s1. The Balaban J connectivity index is 1.68. The van der Waals surface area contributed by atoms with Crippen LogP contribution in [0.5, 0.6) is 5.75 Å². The van der Waals surface area contributed by atoms with Crippen molar-refractivity contribution in [2.75, 3.05) is 38.1 Å². The van der Waals surface area contributed by atoms with Gasteiger partial charge in [0.1, 0.15) is 11.6 Å². The summed E-state index contributed by atoms with van der Waals surface area (Å²) in [5.41, 5.74) is 0.147. The van der Waals surface area contributed by atoms with Crippen molar-refractivity contribution >= 4 is 31.6 Å². The number of carbonyl (C=O) groups excluding carboxylic acids is 1. The second-order valence-corrected chi connectivity index (χ2v) is 15.9. The van der Waals surface area contributed by atoms with E-state index in [4.69, 9.17) is 9.47 Å². The van der Waals surface area contributed by atoms with E-state index < -0.39 is 49.8 Å². The van der Waals surface area contributed by atoms with Gasteiger partial charge in [0, 0.05) is 51.6 Å². The molecule has 3 aromatic rings. The van der Waals surface area contributed by atoms with Gasteiger partial charge in [0.05, 0.1) is 41.6 Å². The maximum Gasteiger partial charge on any atom is 0.261 e. The lowest BCUT2D eigenvalue weighted by atomic mass is 10.0. The monoisotopic (exact) mass is 709 g/mol. The SMILES string of the molecule is C[C@@H]1CCCCO[C@@H](CN(C)S(=O)(=O)c2cn(C)cn2)[C@@H](C)CN([C@H](C)CO)C(=O)c2cc(NS(=O)(=O)c3ccc(F)cc3)ccc2O1. The van der Waals surface area contributed by atoms with Crippen LogP contribution in [0.25, 0.3) is 0 Å². The molecule has 2 aromatic carbocycles. The number of aliphatic hydroxyl groups excluding tert-OH is 1. The molecular weight excluding hydrogens is 666 g/mol. The van der Waals surface area contributed by atoms with Gasteiger partial charge in [-0.05, 0) is 75.6 Å². The molecule has 2 heterocycles. The van der Waals surface area contributed by atoms with Crippen molar-refractivity contribution in [2.24, 2.45) is 13.0 Å². The zero-order valence-electron chi connectivity index (χ0n) is 27.7. The number of amides is 1. The summed E-state index contributed by atoms with van der Waals surface area (Å²) in [6.07, 6.45) is 3.93. The highest BCUT2D eigenvalue weighted by Gasteiger charge is 2.33. The maximum atomic E-state index is 14.3. The minimum Gasteiger partial charge on any atom is -0.490 e. The van der Waals surface area contributed by atoms with Gasteiger partial charge in [-0.1, -0.05) is 6.92 Å². The molecule has 4 rings (SSSR count). The summed E-state index contributed by atoms with van der Waals surface area (Å²) in [4.78, 5) is 19.6. The number of sulfonamides is 2. The van der Waals surface area contributed by atoms with Gasteiger partial charge in [-0.25, -0.2) is 26.2 Å². The van der Waals surface area contributed by atoms with Crippen molar-refractivity contribution in [1.29, 1.82) is 0 Å². The number of imidazole rings is 1. The Labute approximate surface area is 281 Å². The molecule has 48 heavy (non-hydrogen) atoms. The second kappa shape index (κ2) is 15.8. The number of benzene rings is 2. The third-order valence-electron chi connectivity index (χ3n) is 8.22. The van der Waals surface area contributed by atoms with Crippen molar-refractivity contribution < 1.29 is 40.6 Å². The lowest BCUT2D eigenvalue weighted by Crippen LogP contribution is -2.48. The van der Waals surface area contributed by atoms with Crippen LogP contribution in [0.15, 0.2) is 64.9 Å². The van der Waals surface area contributed by atoms with Crippen LogP contribution >= 0.6 is 0 Å². The summed E-state index contributed by atoms with van der Waals surface area (Å²) in [6.45, 7) is 5.42. The van der Waals surface area contributed by atoms with Gasteiger partial charge in [0.2, 0.25) is 0 Å². The fourth-order valence-electron chi connectivity index (χ4n) is 5.31. The molecule has 1 amide bonds. The Kier molecular flexibility index (Phi) is 12.2. The number of nitrogens with one attached hydrogen (secondary N) is 1. The van der Waals surface area contributed by atoms with Crippen molar-refractivity contribution in [1.82, 2.24) is 18.8 Å². The zero-order valence-corrected chi connectivity index (χ0v) is 29.4. The summed E-state index contributed by atoms with van der Waals surface area (Å²) < 4.78 is 83.8. The second-order valence-electron chi connectivity index (χ2n) is 12.2. The minimum absolute atomic E-state index is 0.0129. The topological polar surface area (TPSA) is 160 Å². The van der Waals surface area contributed by atoms with E-state index in [0.717, 1.165) is 30.7 Å². The van der Waals surface area contributed by atoms with Gasteiger partial charge in [-0.15, -0.1) is 0 Å². The number of hydrogen-bond acceptors (Lipinski definition) is 9. The number of aliphatic hydroxyl groups is 1. The smallest absolute Gasteiger partial charge is 0.261 e. The Bertz CT molecular complexity index is 1770. The van der Waals surface area contributed by atoms with E-state index in [9.17, 15) is 31.1 Å². The van der Waals surface area contributed by atoms with Gasteiger partial charge >= 0.3 is 0 Å². The Morgan fingerprint density at radius 3 is 2.48 bits per heavy atom. The molecule has 1 aliphatic rings. The van der Waals surface area contributed by atoms with Crippen molar-refractivity contribution in [2.45, 2.75) is 68.2 Å². The quantitative estimate of drug-likeness (QED) is 0.339.